The smallest absolute Gasteiger partial charge is 0.369 e. The van der Waals surface area contributed by atoms with Crippen molar-refractivity contribution in [2.45, 2.75) is 258 Å². The second-order valence-corrected chi connectivity index (χ2v) is 28.4. The van der Waals surface area contributed by atoms with E-state index < -0.39 is 41.3 Å². The number of aryl methyl sites for hydroxylation is 1. The first-order valence-corrected chi connectivity index (χ1v) is 35.3. The third-order valence-corrected chi connectivity index (χ3v) is 21.2. The average molecular weight is 1310 g/mol. The summed E-state index contributed by atoms with van der Waals surface area (Å²) < 4.78 is 118. The molecule has 5 aliphatic rings. The molecule has 6 N–H and O–H groups in total. The molecule has 4 fully saturated rings. The van der Waals surface area contributed by atoms with Gasteiger partial charge in [0.05, 0.1) is 5.56 Å². The number of likely N-dealkylation sites (N-methyl/N-ethyl adjacent to an activating group) is 1. The molecule has 12 nitrogen and oxygen atoms in total. The lowest BCUT2D eigenvalue weighted by molar-refractivity contribution is -0.142. The van der Waals surface area contributed by atoms with Gasteiger partial charge in [0, 0.05) is 167 Å². The molecule has 12 atom stereocenters. The summed E-state index contributed by atoms with van der Waals surface area (Å²) in [4.78, 5) is 14.2. The van der Waals surface area contributed by atoms with E-state index in [-0.39, 0.29) is 60.2 Å². The van der Waals surface area contributed by atoms with Gasteiger partial charge in [0.1, 0.15) is 23.4 Å². The largest absolute Gasteiger partial charge is 0.422 e. The molecule has 5 unspecified atom stereocenters. The maximum absolute atomic E-state index is 14.9. The van der Waals surface area contributed by atoms with E-state index >= 15 is 0 Å². The lowest BCUT2D eigenvalue weighted by Gasteiger charge is -2.60. The Morgan fingerprint density at radius 2 is 1.45 bits per heavy atom. The Morgan fingerprint density at radius 1 is 0.763 bits per heavy atom. The SMILES string of the molecule is CCO[C@@H]1CNCC2(CCCC2)NC(C)[C@H](C2CCCC2)N2C(C)[C@@H](C)C2CNC(C)[C@H](CC(C)C)NC[C@H]([C@@H](C)CC)NC(C)[C@H](C)N2CCCC2=CN(CC)C(Cc2ccc(C(F)(F)F)cc2)=CN(C)C=CN=C(CCc2cc(F)c(C(F)(F)F)c(F)c2)C=CN1. The highest BCUT2D eigenvalue weighted by Gasteiger charge is 2.51. The summed E-state index contributed by atoms with van der Waals surface area (Å²) in [7, 11) is 1.84. The lowest BCUT2D eigenvalue weighted by atomic mass is 9.75. The van der Waals surface area contributed by atoms with Crippen molar-refractivity contribution in [2.75, 3.05) is 52.9 Å². The molecule has 7 rings (SSSR count). The number of benzene rings is 2. The number of hydrogen-bond acceptors (Lipinski definition) is 12. The van der Waals surface area contributed by atoms with Crippen LogP contribution in [0.4, 0.5) is 35.1 Å². The van der Waals surface area contributed by atoms with E-state index in [2.05, 4.69) is 129 Å². The zero-order valence-corrected chi connectivity index (χ0v) is 58.2. The Labute approximate surface area is 553 Å². The van der Waals surface area contributed by atoms with Crippen LogP contribution in [0.1, 0.15) is 189 Å². The molecule has 0 bridgehead atoms. The minimum absolute atomic E-state index is 0.0207. The molecule has 2 aliphatic carbocycles. The van der Waals surface area contributed by atoms with Crippen LogP contribution in [-0.4, -0.2) is 144 Å². The molecule has 0 radical (unpaired) electrons. The number of nitrogens with one attached hydrogen (secondary N) is 6. The van der Waals surface area contributed by atoms with Gasteiger partial charge in [-0.25, -0.2) is 8.78 Å². The van der Waals surface area contributed by atoms with Crippen molar-refractivity contribution >= 4 is 5.71 Å². The minimum Gasteiger partial charge on any atom is -0.369 e. The number of halogens is 8. The minimum atomic E-state index is -5.20. The van der Waals surface area contributed by atoms with E-state index in [4.69, 9.17) is 9.73 Å². The third kappa shape index (κ3) is 21.2. The van der Waals surface area contributed by atoms with Gasteiger partial charge < -0.3 is 51.3 Å². The Morgan fingerprint density at radius 3 is 2.08 bits per heavy atom. The number of hydrogen-bond donors (Lipinski definition) is 6. The monoisotopic (exact) mass is 1310 g/mol. The van der Waals surface area contributed by atoms with Crippen molar-refractivity contribution in [3.8, 4) is 0 Å². The first kappa shape index (κ1) is 75.8. The van der Waals surface area contributed by atoms with Crippen molar-refractivity contribution in [1.82, 2.24) is 51.5 Å². The fraction of sp³-hybridized carbons (Fsp3) is 0.712. The fourth-order valence-electron chi connectivity index (χ4n) is 15.4. The van der Waals surface area contributed by atoms with Crippen LogP contribution in [0.3, 0.4) is 0 Å². The van der Waals surface area contributed by atoms with Gasteiger partial charge in [-0.05, 0) is 171 Å². The maximum Gasteiger partial charge on any atom is 0.422 e. The van der Waals surface area contributed by atoms with Gasteiger partial charge in [-0.15, -0.1) is 0 Å². The zero-order chi connectivity index (χ0) is 67.8. The predicted molar refractivity (Wildman–Crippen MR) is 362 cm³/mol. The predicted octanol–water partition coefficient (Wildman–Crippen LogP) is 14.5. The maximum atomic E-state index is 14.9. The highest BCUT2D eigenvalue weighted by atomic mass is 19.4. The molecule has 2 aromatic carbocycles. The van der Waals surface area contributed by atoms with Crippen LogP contribution in [0.15, 0.2) is 89.9 Å². The van der Waals surface area contributed by atoms with Crippen LogP contribution < -0.4 is 31.9 Å². The molecular formula is C73H115F8N11O. The summed E-state index contributed by atoms with van der Waals surface area (Å²) >= 11 is 0. The van der Waals surface area contributed by atoms with Crippen LogP contribution in [0.25, 0.3) is 0 Å². The number of aliphatic imine (C=N–C) groups is 1. The van der Waals surface area contributed by atoms with Crippen molar-refractivity contribution in [2.24, 2.45) is 28.7 Å². The molecule has 2 saturated carbocycles. The Kier molecular flexibility index (Phi) is 28.6. The lowest BCUT2D eigenvalue weighted by Crippen LogP contribution is -2.73. The summed E-state index contributed by atoms with van der Waals surface area (Å²) in [6.07, 6.45) is 14.6. The van der Waals surface area contributed by atoms with Crippen molar-refractivity contribution < 1.29 is 39.9 Å². The number of ether oxygens (including phenoxy) is 1. The van der Waals surface area contributed by atoms with E-state index in [9.17, 15) is 35.1 Å². The van der Waals surface area contributed by atoms with Crippen LogP contribution in [0, 0.1) is 35.3 Å². The third-order valence-electron chi connectivity index (χ3n) is 21.2. The molecule has 1 spiro atoms. The molecule has 2 saturated heterocycles. The molecule has 0 aromatic heterocycles. The van der Waals surface area contributed by atoms with Crippen LogP contribution in [0.5, 0.6) is 0 Å². The quantitative estimate of drug-likeness (QED) is 0.108. The number of alkyl halides is 6. The second-order valence-electron chi connectivity index (χ2n) is 28.4. The normalized spacial score (nSPS) is 29.1. The van der Waals surface area contributed by atoms with E-state index in [1.807, 2.05) is 25.1 Å². The van der Waals surface area contributed by atoms with Crippen molar-refractivity contribution in [3.05, 3.63) is 119 Å². The Hall–Kier alpha value is -4.57. The Bertz CT molecular complexity index is 2730. The first-order valence-electron chi connectivity index (χ1n) is 35.3. The molecule has 0 amide bonds. The number of nitrogens with zero attached hydrogens (tertiary/aromatic N) is 5. The molecule has 93 heavy (non-hydrogen) atoms. The summed E-state index contributed by atoms with van der Waals surface area (Å²) in [6.45, 7) is 32.5. The highest BCUT2D eigenvalue weighted by molar-refractivity contribution is 5.95. The molecule has 2 aromatic rings. The summed E-state index contributed by atoms with van der Waals surface area (Å²) in [6, 6.07) is 9.24. The van der Waals surface area contributed by atoms with Gasteiger partial charge in [0.15, 0.2) is 0 Å². The molecule has 20 heteroatoms. The van der Waals surface area contributed by atoms with E-state index in [0.717, 1.165) is 108 Å². The van der Waals surface area contributed by atoms with E-state index in [1.165, 1.54) is 43.5 Å². The summed E-state index contributed by atoms with van der Waals surface area (Å²) in [5.41, 5.74) is 0.435. The van der Waals surface area contributed by atoms with Crippen LogP contribution in [0.2, 0.25) is 0 Å². The van der Waals surface area contributed by atoms with Gasteiger partial charge in [-0.3, -0.25) is 9.89 Å². The van der Waals surface area contributed by atoms with E-state index in [1.54, 1.807) is 24.7 Å². The van der Waals surface area contributed by atoms with Crippen LogP contribution in [-0.2, 0) is 29.9 Å². The molecule has 3 heterocycles. The number of allylic oxidation sites excluding steroid dienone is 3. The molecular weight excluding hydrogens is 1200 g/mol. The van der Waals surface area contributed by atoms with Crippen LogP contribution >= 0.6 is 0 Å². The van der Waals surface area contributed by atoms with Gasteiger partial charge >= 0.3 is 12.4 Å². The molecule has 3 aliphatic heterocycles. The Balaban J connectivity index is 1.25. The van der Waals surface area contributed by atoms with Gasteiger partial charge in [-0.1, -0.05) is 78.9 Å². The first-order chi connectivity index (χ1) is 44.1. The average Bonchev–Trinajstić information content (AvgIpc) is 1.43. The van der Waals surface area contributed by atoms with Gasteiger partial charge in [-0.2, -0.15) is 26.3 Å². The van der Waals surface area contributed by atoms with E-state index in [0.29, 0.717) is 79.2 Å². The molecule has 524 valence electrons. The summed E-state index contributed by atoms with van der Waals surface area (Å²) in [5, 5.41) is 24.0. The second kappa shape index (κ2) is 35.1. The van der Waals surface area contributed by atoms with Gasteiger partial charge in [0.25, 0.3) is 0 Å². The van der Waals surface area contributed by atoms with Gasteiger partial charge in [0.2, 0.25) is 0 Å². The topological polar surface area (TPSA) is 107 Å². The fourth-order valence-corrected chi connectivity index (χ4v) is 15.4. The summed E-state index contributed by atoms with van der Waals surface area (Å²) in [5.74, 6) is -1.27. The number of rotatable bonds is 13. The number of fused-ring (bicyclic) bond motifs is 2. The van der Waals surface area contributed by atoms with Crippen molar-refractivity contribution in [1.29, 1.82) is 0 Å². The standard InChI is InChI=1S/C73H115F8N11O/c1-14-49(6)66-42-86-65(38-48(4)5)52(9)85-43-67-50(7)54(11)92(67)70(58-22-17-18-23-58)53(10)88-71(32-19-20-33-71)47-82-44-68(93-16-3)84-34-31-60(30-27-57-40-63(74)69(64(75)41-57)73(79,80)81)83-35-37-89(13)45-62(39-56-25-28-59(29-26-56)72(76,77)78)90(15-2)46-61-24-21-36-91(61)55(12)51(8)87-66/h25-26,28-29,31,34-35,37,40-41,45-46,48-55,58,65-68,70,82,84-88H,14-24,27,30,32-33,36,38-39,42-44,47H2,1-13H3/t49-,50+,51?,52?,53?,54?,55-,65-,66+,67?,68+,70+/m0/s1. The zero-order valence-electron chi connectivity index (χ0n) is 58.2. The highest BCUT2D eigenvalue weighted by Crippen LogP contribution is 2.43. The van der Waals surface area contributed by atoms with Crippen molar-refractivity contribution in [3.63, 3.8) is 0 Å².